The monoisotopic (exact) mass is 360 g/mol. The molecule has 104 valence electrons. The van der Waals surface area contributed by atoms with Crippen LogP contribution in [0.4, 0.5) is 0 Å². The molecule has 0 saturated heterocycles. The standard InChI is InChI=1S/C17H10BrClO2/c18-14-5-3-12(4-6-14)16-10-13(17(20)21-16)9-11-1-7-15(19)8-2-11/h1-10H. The van der Waals surface area contributed by atoms with Gasteiger partial charge < -0.3 is 4.74 Å². The van der Waals surface area contributed by atoms with E-state index in [0.717, 1.165) is 15.6 Å². The predicted octanol–water partition coefficient (Wildman–Crippen LogP) is 5.08. The summed E-state index contributed by atoms with van der Waals surface area (Å²) in [6.07, 6.45) is 3.53. The van der Waals surface area contributed by atoms with Crippen molar-refractivity contribution in [2.24, 2.45) is 0 Å². The van der Waals surface area contributed by atoms with Gasteiger partial charge in [0, 0.05) is 15.1 Å². The number of rotatable bonds is 2. The lowest BCUT2D eigenvalue weighted by Crippen LogP contribution is -1.97. The summed E-state index contributed by atoms with van der Waals surface area (Å²) in [5, 5.41) is 0.664. The zero-order valence-corrected chi connectivity index (χ0v) is 13.2. The number of halogens is 2. The molecule has 0 saturated carbocycles. The topological polar surface area (TPSA) is 26.3 Å². The second-order valence-electron chi connectivity index (χ2n) is 4.56. The number of esters is 1. The van der Waals surface area contributed by atoms with Gasteiger partial charge in [-0.1, -0.05) is 51.8 Å². The Morgan fingerprint density at radius 1 is 1.00 bits per heavy atom. The van der Waals surface area contributed by atoms with E-state index in [1.807, 2.05) is 36.4 Å². The van der Waals surface area contributed by atoms with Crippen molar-refractivity contribution < 1.29 is 9.53 Å². The highest BCUT2D eigenvalue weighted by Crippen LogP contribution is 2.28. The number of carbonyl (C=O) groups is 1. The Kier molecular flexibility index (Phi) is 3.95. The summed E-state index contributed by atoms with van der Waals surface area (Å²) in [5.74, 6) is 0.218. The molecule has 4 heteroatoms. The van der Waals surface area contributed by atoms with Crippen molar-refractivity contribution in [2.45, 2.75) is 0 Å². The molecule has 0 unspecified atom stereocenters. The van der Waals surface area contributed by atoms with Crippen LogP contribution in [-0.4, -0.2) is 5.97 Å². The largest absolute Gasteiger partial charge is 0.422 e. The van der Waals surface area contributed by atoms with Crippen molar-refractivity contribution in [2.75, 3.05) is 0 Å². The zero-order chi connectivity index (χ0) is 14.8. The van der Waals surface area contributed by atoms with Gasteiger partial charge in [0.25, 0.3) is 0 Å². The van der Waals surface area contributed by atoms with E-state index >= 15 is 0 Å². The fourth-order valence-corrected chi connectivity index (χ4v) is 2.37. The number of hydrogen-bond donors (Lipinski definition) is 0. The Labute approximate surface area is 135 Å². The predicted molar refractivity (Wildman–Crippen MR) is 87.6 cm³/mol. The minimum Gasteiger partial charge on any atom is -0.422 e. The Morgan fingerprint density at radius 2 is 1.67 bits per heavy atom. The van der Waals surface area contributed by atoms with Gasteiger partial charge in [0.05, 0.1) is 5.57 Å². The molecule has 2 nitrogen and oxygen atoms in total. The Morgan fingerprint density at radius 3 is 2.33 bits per heavy atom. The number of carbonyl (C=O) groups excluding carboxylic acids is 1. The second-order valence-corrected chi connectivity index (χ2v) is 5.91. The Bertz CT molecular complexity index is 743. The average Bonchev–Trinajstić information content (AvgIpc) is 2.83. The lowest BCUT2D eigenvalue weighted by atomic mass is 10.1. The third-order valence-corrected chi connectivity index (χ3v) is 3.83. The summed E-state index contributed by atoms with van der Waals surface area (Å²) in [6, 6.07) is 14.9. The molecular weight excluding hydrogens is 352 g/mol. The minimum absolute atomic E-state index is 0.345. The normalized spacial score (nSPS) is 16.0. The van der Waals surface area contributed by atoms with E-state index in [1.165, 1.54) is 0 Å². The maximum absolute atomic E-state index is 11.9. The van der Waals surface area contributed by atoms with E-state index in [-0.39, 0.29) is 5.97 Å². The molecule has 0 N–H and O–H groups in total. The van der Waals surface area contributed by atoms with Gasteiger partial charge in [-0.3, -0.25) is 0 Å². The van der Waals surface area contributed by atoms with Gasteiger partial charge in [-0.25, -0.2) is 4.79 Å². The minimum atomic E-state index is -0.345. The molecule has 0 spiro atoms. The smallest absolute Gasteiger partial charge is 0.343 e. The van der Waals surface area contributed by atoms with Crippen LogP contribution in [0.15, 0.2) is 64.7 Å². The number of benzene rings is 2. The SMILES string of the molecule is O=C1OC(c2ccc(Br)cc2)=CC1=Cc1ccc(Cl)cc1. The maximum Gasteiger partial charge on any atom is 0.343 e. The summed E-state index contributed by atoms with van der Waals surface area (Å²) in [6.45, 7) is 0. The molecular formula is C17H10BrClO2. The highest BCUT2D eigenvalue weighted by atomic mass is 79.9. The zero-order valence-electron chi connectivity index (χ0n) is 10.8. The van der Waals surface area contributed by atoms with Gasteiger partial charge >= 0.3 is 5.97 Å². The Hall–Kier alpha value is -1.84. The van der Waals surface area contributed by atoms with Gasteiger partial charge in [-0.15, -0.1) is 0 Å². The van der Waals surface area contributed by atoms with Crippen LogP contribution in [0.1, 0.15) is 11.1 Å². The van der Waals surface area contributed by atoms with Crippen molar-refractivity contribution in [1.82, 2.24) is 0 Å². The number of hydrogen-bond acceptors (Lipinski definition) is 2. The van der Waals surface area contributed by atoms with Crippen LogP contribution >= 0.6 is 27.5 Å². The highest BCUT2D eigenvalue weighted by Gasteiger charge is 2.21. The van der Waals surface area contributed by atoms with Crippen LogP contribution in [0.2, 0.25) is 5.02 Å². The number of ether oxygens (including phenoxy) is 1. The van der Waals surface area contributed by atoms with Crippen LogP contribution in [0.25, 0.3) is 11.8 Å². The summed E-state index contributed by atoms with van der Waals surface area (Å²) >= 11 is 9.22. The van der Waals surface area contributed by atoms with Crippen molar-refractivity contribution >= 4 is 45.3 Å². The lowest BCUT2D eigenvalue weighted by Gasteiger charge is -2.01. The van der Waals surface area contributed by atoms with Crippen LogP contribution in [0.5, 0.6) is 0 Å². The van der Waals surface area contributed by atoms with Crippen LogP contribution in [0.3, 0.4) is 0 Å². The van der Waals surface area contributed by atoms with Crippen molar-refractivity contribution in [1.29, 1.82) is 0 Å². The first-order valence-electron chi connectivity index (χ1n) is 6.29. The summed E-state index contributed by atoms with van der Waals surface area (Å²) in [5.41, 5.74) is 2.29. The molecule has 0 amide bonds. The molecule has 0 radical (unpaired) electrons. The molecule has 21 heavy (non-hydrogen) atoms. The van der Waals surface area contributed by atoms with E-state index in [1.54, 1.807) is 24.3 Å². The molecule has 3 rings (SSSR count). The van der Waals surface area contributed by atoms with E-state index in [0.29, 0.717) is 16.4 Å². The fourth-order valence-electron chi connectivity index (χ4n) is 1.98. The second kappa shape index (κ2) is 5.88. The molecule has 0 atom stereocenters. The highest BCUT2D eigenvalue weighted by molar-refractivity contribution is 9.10. The Balaban J connectivity index is 1.91. The van der Waals surface area contributed by atoms with E-state index in [9.17, 15) is 4.79 Å². The van der Waals surface area contributed by atoms with Crippen LogP contribution in [0, 0.1) is 0 Å². The van der Waals surface area contributed by atoms with Crippen LogP contribution in [-0.2, 0) is 9.53 Å². The molecule has 2 aromatic rings. The van der Waals surface area contributed by atoms with Gasteiger partial charge in [-0.05, 0) is 42.0 Å². The third kappa shape index (κ3) is 3.26. The van der Waals surface area contributed by atoms with Crippen LogP contribution < -0.4 is 0 Å². The first-order chi connectivity index (χ1) is 10.1. The maximum atomic E-state index is 11.9. The molecule has 1 heterocycles. The van der Waals surface area contributed by atoms with Crippen molar-refractivity contribution in [3.63, 3.8) is 0 Å². The molecule has 0 fully saturated rings. The summed E-state index contributed by atoms with van der Waals surface area (Å²) < 4.78 is 6.29. The molecule has 0 bridgehead atoms. The van der Waals surface area contributed by atoms with Gasteiger partial charge in [-0.2, -0.15) is 0 Å². The lowest BCUT2D eigenvalue weighted by molar-refractivity contribution is -0.130. The number of cyclic esters (lactones) is 1. The van der Waals surface area contributed by atoms with Gasteiger partial charge in [0.2, 0.25) is 0 Å². The van der Waals surface area contributed by atoms with Crippen molar-refractivity contribution in [3.8, 4) is 0 Å². The average molecular weight is 362 g/mol. The molecule has 2 aromatic carbocycles. The quantitative estimate of drug-likeness (QED) is 0.550. The molecule has 0 aromatic heterocycles. The molecule has 1 aliphatic rings. The third-order valence-electron chi connectivity index (χ3n) is 3.05. The van der Waals surface area contributed by atoms with E-state index in [2.05, 4.69) is 15.9 Å². The summed E-state index contributed by atoms with van der Waals surface area (Å²) in [4.78, 5) is 11.9. The molecule has 0 aliphatic carbocycles. The van der Waals surface area contributed by atoms with Gasteiger partial charge in [0.1, 0.15) is 5.76 Å². The first kappa shape index (κ1) is 14.1. The van der Waals surface area contributed by atoms with E-state index < -0.39 is 0 Å². The van der Waals surface area contributed by atoms with Gasteiger partial charge in [0.15, 0.2) is 0 Å². The fraction of sp³-hybridized carbons (Fsp3) is 0. The summed E-state index contributed by atoms with van der Waals surface area (Å²) in [7, 11) is 0. The van der Waals surface area contributed by atoms with Crippen molar-refractivity contribution in [3.05, 3.63) is 80.8 Å². The van der Waals surface area contributed by atoms with E-state index in [4.69, 9.17) is 16.3 Å². The molecule has 1 aliphatic heterocycles. The first-order valence-corrected chi connectivity index (χ1v) is 7.46.